The fourth-order valence-electron chi connectivity index (χ4n) is 3.68. The number of ether oxygens (including phenoxy) is 2. The first-order valence-corrected chi connectivity index (χ1v) is 11.8. The van der Waals surface area contributed by atoms with E-state index in [0.717, 1.165) is 0 Å². The monoisotopic (exact) mass is 473 g/mol. The molecule has 6 atom stereocenters. The van der Waals surface area contributed by atoms with Gasteiger partial charge in [0.1, 0.15) is 28.6 Å². The molecule has 2 fully saturated rings. The molecule has 0 aromatic carbocycles. The van der Waals surface area contributed by atoms with Crippen molar-refractivity contribution in [1.82, 2.24) is 19.6 Å². The zero-order chi connectivity index (χ0) is 22.6. The smallest absolute Gasteiger partial charge is 0.406 e. The summed E-state index contributed by atoms with van der Waals surface area (Å²) in [6, 6.07) is 0.744. The van der Waals surface area contributed by atoms with Gasteiger partial charge in [-0.25, -0.2) is 19.6 Å². The summed E-state index contributed by atoms with van der Waals surface area (Å²) in [5, 5.41) is 2.61. The van der Waals surface area contributed by atoms with Crippen molar-refractivity contribution in [3.05, 3.63) is 18.6 Å². The normalized spacial score (nSPS) is 34.1. The molecule has 4 rings (SSSR count). The summed E-state index contributed by atoms with van der Waals surface area (Å²) in [6.45, 7) is 6.64. The van der Waals surface area contributed by atoms with E-state index >= 15 is 0 Å². The second-order valence-electron chi connectivity index (χ2n) is 8.06. The molecule has 31 heavy (non-hydrogen) atoms. The number of nitrogens with two attached hydrogens (primary N) is 1. The SMILES string of the molecule is CC(C)OC(=O)[C@@H](C)N[P@]1(=O)OC[C@H]2O[C@@H](n3cnc4c(N)ccnc43)[C@](C)(Cl)[C@@H]2O1. The summed E-state index contributed by atoms with van der Waals surface area (Å²) < 4.78 is 37.3. The minimum absolute atomic E-state index is 0.0398. The van der Waals surface area contributed by atoms with Crippen LogP contribution in [0.5, 0.6) is 0 Å². The fourth-order valence-corrected chi connectivity index (χ4v) is 5.85. The summed E-state index contributed by atoms with van der Waals surface area (Å²) in [5.74, 6) is -0.567. The highest BCUT2D eigenvalue weighted by atomic mass is 35.5. The number of carbonyl (C=O) groups excluding carboxylic acids is 1. The van der Waals surface area contributed by atoms with E-state index in [-0.39, 0.29) is 12.7 Å². The van der Waals surface area contributed by atoms with Crippen LogP contribution in [-0.2, 0) is 27.9 Å². The van der Waals surface area contributed by atoms with Gasteiger partial charge < -0.3 is 15.2 Å². The van der Waals surface area contributed by atoms with Gasteiger partial charge in [0.25, 0.3) is 0 Å². The Labute approximate surface area is 184 Å². The minimum atomic E-state index is -3.85. The number of fused-ring (bicyclic) bond motifs is 2. The molecule has 0 aliphatic carbocycles. The highest BCUT2D eigenvalue weighted by Gasteiger charge is 2.60. The molecule has 2 aliphatic heterocycles. The quantitative estimate of drug-likeness (QED) is 0.377. The van der Waals surface area contributed by atoms with Gasteiger partial charge in [-0.3, -0.25) is 18.4 Å². The first-order chi connectivity index (χ1) is 14.5. The molecule has 3 N–H and O–H groups in total. The van der Waals surface area contributed by atoms with Gasteiger partial charge in [0, 0.05) is 6.20 Å². The average molecular weight is 474 g/mol. The number of esters is 1. The summed E-state index contributed by atoms with van der Waals surface area (Å²) in [4.78, 5) is 19.6. The van der Waals surface area contributed by atoms with Crippen LogP contribution in [0.4, 0.5) is 5.69 Å². The van der Waals surface area contributed by atoms with Crippen LogP contribution in [0.3, 0.4) is 0 Å². The van der Waals surface area contributed by atoms with Crippen molar-refractivity contribution in [2.45, 2.75) is 63.2 Å². The van der Waals surface area contributed by atoms with Crippen molar-refractivity contribution in [3.8, 4) is 0 Å². The van der Waals surface area contributed by atoms with E-state index in [0.29, 0.717) is 16.9 Å². The Balaban J connectivity index is 1.55. The maximum atomic E-state index is 13.2. The average Bonchev–Trinajstić information content (AvgIpc) is 3.21. The molecule has 2 aromatic rings. The maximum Gasteiger partial charge on any atom is 0.406 e. The molecule has 0 amide bonds. The Bertz CT molecular complexity index is 1050. The van der Waals surface area contributed by atoms with Crippen LogP contribution in [-0.4, -0.2) is 56.3 Å². The summed E-state index contributed by atoms with van der Waals surface area (Å²) in [5.41, 5.74) is 7.48. The second-order valence-corrected chi connectivity index (χ2v) is 10.6. The lowest BCUT2D eigenvalue weighted by Gasteiger charge is -2.36. The van der Waals surface area contributed by atoms with Gasteiger partial charge in [-0.2, -0.15) is 0 Å². The Morgan fingerprint density at radius 2 is 2.19 bits per heavy atom. The van der Waals surface area contributed by atoms with Gasteiger partial charge >= 0.3 is 13.7 Å². The number of nitrogen functional groups attached to an aromatic ring is 1. The number of imidazole rings is 1. The highest BCUT2D eigenvalue weighted by Crippen LogP contribution is 2.57. The van der Waals surface area contributed by atoms with E-state index in [9.17, 15) is 9.36 Å². The number of nitrogens with one attached hydrogen (secondary N) is 1. The van der Waals surface area contributed by atoms with Gasteiger partial charge in [-0.05, 0) is 33.8 Å². The van der Waals surface area contributed by atoms with Crippen LogP contribution in [0.25, 0.3) is 11.2 Å². The van der Waals surface area contributed by atoms with Crippen LogP contribution >= 0.6 is 19.3 Å². The number of pyridine rings is 1. The lowest BCUT2D eigenvalue weighted by Crippen LogP contribution is -2.47. The maximum absolute atomic E-state index is 13.2. The third-order valence-corrected chi connectivity index (χ3v) is 7.24. The standard InChI is InChI=1S/C18H25ClN5O6P/c1-9(2)28-16(25)10(3)23-31(26)27-7-12-14(30-31)18(4,19)17(29-12)24-8-22-13-11(20)5-6-21-15(13)24/h5-6,8-10,12,14,17H,7H2,1-4H3,(H2,20,21)(H,23,26)/t10-,12-,14-,17-,18-,31+/m1/s1. The zero-order valence-electron chi connectivity index (χ0n) is 17.5. The van der Waals surface area contributed by atoms with E-state index in [1.54, 1.807) is 43.9 Å². The molecule has 4 heterocycles. The zero-order valence-corrected chi connectivity index (χ0v) is 19.2. The predicted molar refractivity (Wildman–Crippen MR) is 112 cm³/mol. The predicted octanol–water partition coefficient (Wildman–Crippen LogP) is 2.36. The Morgan fingerprint density at radius 1 is 1.45 bits per heavy atom. The molecule has 11 nitrogen and oxygen atoms in total. The van der Waals surface area contributed by atoms with E-state index in [2.05, 4.69) is 15.1 Å². The minimum Gasteiger partial charge on any atom is -0.462 e. The third kappa shape index (κ3) is 4.06. The number of rotatable bonds is 5. The third-order valence-electron chi connectivity index (χ3n) is 5.14. The Morgan fingerprint density at radius 3 is 2.90 bits per heavy atom. The molecule has 0 radical (unpaired) electrons. The van der Waals surface area contributed by atoms with Crippen molar-refractivity contribution in [2.75, 3.05) is 12.3 Å². The fraction of sp³-hybridized carbons (Fsp3) is 0.611. The number of alkyl halides is 1. The van der Waals surface area contributed by atoms with Crippen LogP contribution in [0, 0.1) is 0 Å². The Hall–Kier alpha value is -1.75. The van der Waals surface area contributed by atoms with Crippen molar-refractivity contribution in [2.24, 2.45) is 0 Å². The van der Waals surface area contributed by atoms with Crippen molar-refractivity contribution < 1.29 is 27.9 Å². The molecule has 2 aromatic heterocycles. The van der Waals surface area contributed by atoms with Crippen molar-refractivity contribution in [3.63, 3.8) is 0 Å². The molecule has 13 heteroatoms. The van der Waals surface area contributed by atoms with Gasteiger partial charge in [-0.1, -0.05) is 0 Å². The molecular formula is C18H25ClN5O6P. The van der Waals surface area contributed by atoms with Crippen molar-refractivity contribution in [1.29, 1.82) is 0 Å². The first-order valence-electron chi connectivity index (χ1n) is 9.84. The first kappa shape index (κ1) is 22.4. The topological polar surface area (TPSA) is 140 Å². The molecule has 0 spiro atoms. The number of anilines is 1. The lowest BCUT2D eigenvalue weighted by molar-refractivity contribution is -0.149. The molecule has 2 aliphatic rings. The summed E-state index contributed by atoms with van der Waals surface area (Å²) in [6.07, 6.45) is 0.684. The van der Waals surface area contributed by atoms with E-state index in [1.165, 1.54) is 6.92 Å². The molecule has 0 saturated carbocycles. The number of aromatic nitrogens is 3. The molecule has 0 unspecified atom stereocenters. The lowest BCUT2D eigenvalue weighted by atomic mass is 10.0. The van der Waals surface area contributed by atoms with Gasteiger partial charge in [0.15, 0.2) is 11.9 Å². The molecule has 0 bridgehead atoms. The number of hydrogen-bond acceptors (Lipinski definition) is 9. The van der Waals surface area contributed by atoms with Gasteiger partial charge in [0.2, 0.25) is 0 Å². The summed E-state index contributed by atoms with van der Waals surface area (Å²) in [7, 11) is -3.85. The number of hydrogen-bond donors (Lipinski definition) is 2. The van der Waals surface area contributed by atoms with E-state index in [1.807, 2.05) is 0 Å². The van der Waals surface area contributed by atoms with Crippen LogP contribution in [0.15, 0.2) is 18.6 Å². The van der Waals surface area contributed by atoms with Gasteiger partial charge in [0.05, 0.1) is 24.7 Å². The number of carbonyl (C=O) groups is 1. The molecule has 2 saturated heterocycles. The van der Waals surface area contributed by atoms with E-state index < -0.39 is 43.1 Å². The van der Waals surface area contributed by atoms with Crippen LogP contribution in [0.1, 0.15) is 33.9 Å². The summed E-state index contributed by atoms with van der Waals surface area (Å²) >= 11 is 6.88. The number of halogens is 1. The van der Waals surface area contributed by atoms with Crippen LogP contribution < -0.4 is 10.8 Å². The largest absolute Gasteiger partial charge is 0.462 e. The highest BCUT2D eigenvalue weighted by molar-refractivity contribution is 7.51. The molecule has 170 valence electrons. The van der Waals surface area contributed by atoms with Gasteiger partial charge in [-0.15, -0.1) is 11.6 Å². The van der Waals surface area contributed by atoms with Crippen molar-refractivity contribution >= 4 is 42.2 Å². The van der Waals surface area contributed by atoms with E-state index in [4.69, 9.17) is 35.9 Å². The number of nitrogens with zero attached hydrogens (tertiary/aromatic N) is 3. The van der Waals surface area contributed by atoms with Crippen LogP contribution in [0.2, 0.25) is 0 Å². The molecular weight excluding hydrogens is 449 g/mol. The Kier molecular flexibility index (Phi) is 5.78. The second kappa shape index (κ2) is 7.99.